The molecule has 3 rings (SSSR count). The van der Waals surface area contributed by atoms with E-state index in [0.717, 1.165) is 16.2 Å². The van der Waals surface area contributed by atoms with Gasteiger partial charge in [-0.3, -0.25) is 14.5 Å². The lowest BCUT2D eigenvalue weighted by molar-refractivity contribution is -0.140. The fourth-order valence-corrected chi connectivity index (χ4v) is 3.94. The van der Waals surface area contributed by atoms with Crippen molar-refractivity contribution in [1.29, 1.82) is 0 Å². The van der Waals surface area contributed by atoms with Crippen molar-refractivity contribution in [3.8, 4) is 5.69 Å². The minimum atomic E-state index is -3.98. The Kier molecular flexibility index (Phi) is 4.68. The largest absolute Gasteiger partial charge is 0.279 e. The summed E-state index contributed by atoms with van der Waals surface area (Å²) in [7, 11) is -3.98. The number of aromatic nitrogens is 2. The smallest absolute Gasteiger partial charge is 0.248 e. The molecule has 138 valence electrons. The number of amides is 2. The third-order valence-electron chi connectivity index (χ3n) is 4.16. The van der Waals surface area contributed by atoms with Crippen molar-refractivity contribution in [1.82, 2.24) is 19.4 Å². The van der Waals surface area contributed by atoms with Crippen molar-refractivity contribution >= 4 is 21.8 Å². The van der Waals surface area contributed by atoms with Crippen LogP contribution in [0, 0.1) is 6.92 Å². The van der Waals surface area contributed by atoms with Gasteiger partial charge in [-0.25, -0.2) is 13.1 Å². The first kappa shape index (κ1) is 18.3. The standard InChI is InChI=1S/C17H20N4O4S/c1-11(2)21-16(22)8-15(17(21)23)19-26(24,25)14-9-18-20(10-14)13-6-4-12(3)5-7-13/h4-7,9-11,15,19H,8H2,1-3H3/t15-/m0/s1. The first-order valence-corrected chi connectivity index (χ1v) is 9.67. The topological polar surface area (TPSA) is 101 Å². The third-order valence-corrected chi connectivity index (χ3v) is 5.59. The van der Waals surface area contributed by atoms with E-state index in [0.29, 0.717) is 0 Å². The highest BCUT2D eigenvalue weighted by Crippen LogP contribution is 2.19. The third kappa shape index (κ3) is 3.40. The van der Waals surface area contributed by atoms with Crippen molar-refractivity contribution in [3.63, 3.8) is 0 Å². The number of aryl methyl sites for hydroxylation is 1. The van der Waals surface area contributed by atoms with Gasteiger partial charge >= 0.3 is 0 Å². The molecule has 8 nitrogen and oxygen atoms in total. The van der Waals surface area contributed by atoms with Crippen LogP contribution in [0.5, 0.6) is 0 Å². The van der Waals surface area contributed by atoms with Gasteiger partial charge in [-0.05, 0) is 32.9 Å². The molecule has 1 aromatic carbocycles. The van der Waals surface area contributed by atoms with Crippen molar-refractivity contribution in [2.24, 2.45) is 0 Å². The van der Waals surface area contributed by atoms with E-state index in [2.05, 4.69) is 9.82 Å². The highest BCUT2D eigenvalue weighted by Gasteiger charge is 2.42. The molecule has 26 heavy (non-hydrogen) atoms. The Labute approximate surface area is 151 Å². The molecule has 0 radical (unpaired) electrons. The zero-order valence-corrected chi connectivity index (χ0v) is 15.5. The van der Waals surface area contributed by atoms with Gasteiger partial charge in [-0.2, -0.15) is 9.82 Å². The summed E-state index contributed by atoms with van der Waals surface area (Å²) in [5, 5.41) is 4.07. The van der Waals surface area contributed by atoms with E-state index in [9.17, 15) is 18.0 Å². The summed E-state index contributed by atoms with van der Waals surface area (Å²) in [5.74, 6) is -0.910. The van der Waals surface area contributed by atoms with Crippen LogP contribution in [-0.4, -0.2) is 47.0 Å². The molecule has 2 heterocycles. The molecule has 0 saturated carbocycles. The molecule has 1 aliphatic heterocycles. The molecule has 1 aromatic heterocycles. The second kappa shape index (κ2) is 6.65. The van der Waals surface area contributed by atoms with Gasteiger partial charge in [0.25, 0.3) is 0 Å². The van der Waals surface area contributed by atoms with E-state index in [-0.39, 0.29) is 23.3 Å². The normalized spacial score (nSPS) is 18.2. The summed E-state index contributed by atoms with van der Waals surface area (Å²) in [5.41, 5.74) is 1.80. The number of carbonyl (C=O) groups excluding carboxylic acids is 2. The molecular formula is C17H20N4O4S. The first-order chi connectivity index (χ1) is 12.2. The number of likely N-dealkylation sites (tertiary alicyclic amines) is 1. The fourth-order valence-electron chi connectivity index (χ4n) is 2.82. The monoisotopic (exact) mass is 376 g/mol. The number of imide groups is 1. The molecule has 1 fully saturated rings. The van der Waals surface area contributed by atoms with Gasteiger partial charge in [0, 0.05) is 6.04 Å². The maximum absolute atomic E-state index is 12.6. The van der Waals surface area contributed by atoms with E-state index >= 15 is 0 Å². The Bertz CT molecular complexity index is 947. The lowest BCUT2D eigenvalue weighted by Gasteiger charge is -2.19. The zero-order chi connectivity index (χ0) is 19.1. The number of hydrogen-bond acceptors (Lipinski definition) is 5. The average molecular weight is 376 g/mol. The van der Waals surface area contributed by atoms with E-state index in [1.165, 1.54) is 17.1 Å². The number of rotatable bonds is 5. The predicted octanol–water partition coefficient (Wildman–Crippen LogP) is 0.995. The van der Waals surface area contributed by atoms with Crippen LogP contribution in [0.4, 0.5) is 0 Å². The van der Waals surface area contributed by atoms with Crippen molar-refractivity contribution in [2.75, 3.05) is 0 Å². The Morgan fingerprint density at radius 3 is 2.42 bits per heavy atom. The molecule has 1 saturated heterocycles. The fraction of sp³-hybridized carbons (Fsp3) is 0.353. The molecule has 0 spiro atoms. The summed E-state index contributed by atoms with van der Waals surface area (Å²) >= 11 is 0. The molecule has 0 bridgehead atoms. The van der Waals surface area contributed by atoms with Crippen molar-refractivity contribution < 1.29 is 18.0 Å². The maximum atomic E-state index is 12.6. The SMILES string of the molecule is Cc1ccc(-n2cc(S(=O)(=O)N[C@H]3CC(=O)N(C(C)C)C3=O)cn2)cc1. The van der Waals surface area contributed by atoms with Gasteiger partial charge in [-0.1, -0.05) is 17.7 Å². The quantitative estimate of drug-likeness (QED) is 0.785. The average Bonchev–Trinajstić information content (AvgIpc) is 3.14. The van der Waals surface area contributed by atoms with E-state index < -0.39 is 22.0 Å². The summed E-state index contributed by atoms with van der Waals surface area (Å²) < 4.78 is 28.9. The van der Waals surface area contributed by atoms with Gasteiger partial charge in [-0.15, -0.1) is 0 Å². The molecule has 2 aromatic rings. The number of hydrogen-bond donors (Lipinski definition) is 1. The van der Waals surface area contributed by atoms with Crippen LogP contribution in [0.25, 0.3) is 5.69 Å². The molecular weight excluding hydrogens is 356 g/mol. The summed E-state index contributed by atoms with van der Waals surface area (Å²) in [6, 6.07) is 6.04. The first-order valence-electron chi connectivity index (χ1n) is 8.19. The lowest BCUT2D eigenvalue weighted by atomic mass is 10.2. The van der Waals surface area contributed by atoms with Gasteiger partial charge < -0.3 is 0 Å². The van der Waals surface area contributed by atoms with Gasteiger partial charge in [0.1, 0.15) is 10.9 Å². The lowest BCUT2D eigenvalue weighted by Crippen LogP contribution is -2.43. The number of sulfonamides is 1. The Balaban J connectivity index is 1.80. The van der Waals surface area contributed by atoms with Crippen LogP contribution in [0.3, 0.4) is 0 Å². The van der Waals surface area contributed by atoms with Crippen molar-refractivity contribution in [2.45, 2.75) is 44.2 Å². The van der Waals surface area contributed by atoms with Crippen LogP contribution in [-0.2, 0) is 19.6 Å². The summed E-state index contributed by atoms with van der Waals surface area (Å²) in [4.78, 5) is 25.2. The van der Waals surface area contributed by atoms with E-state index in [1.54, 1.807) is 13.8 Å². The van der Waals surface area contributed by atoms with Crippen LogP contribution in [0.2, 0.25) is 0 Å². The van der Waals surface area contributed by atoms with E-state index in [4.69, 9.17) is 0 Å². The van der Waals surface area contributed by atoms with E-state index in [1.807, 2.05) is 31.2 Å². The molecule has 0 aliphatic carbocycles. The van der Waals surface area contributed by atoms with Crippen LogP contribution in [0.15, 0.2) is 41.6 Å². The van der Waals surface area contributed by atoms with Gasteiger partial charge in [0.2, 0.25) is 21.8 Å². The zero-order valence-electron chi connectivity index (χ0n) is 14.7. The second-order valence-electron chi connectivity index (χ2n) is 6.53. The minimum Gasteiger partial charge on any atom is -0.279 e. The Morgan fingerprint density at radius 1 is 1.19 bits per heavy atom. The van der Waals surface area contributed by atoms with Crippen molar-refractivity contribution in [3.05, 3.63) is 42.2 Å². The molecule has 1 atom stereocenters. The Hall–Kier alpha value is -2.52. The van der Waals surface area contributed by atoms with Crippen LogP contribution in [0.1, 0.15) is 25.8 Å². The summed E-state index contributed by atoms with van der Waals surface area (Å²) in [6.07, 6.45) is 2.40. The molecule has 1 N–H and O–H groups in total. The molecule has 2 amide bonds. The minimum absolute atomic E-state index is 0.0682. The number of carbonyl (C=O) groups is 2. The molecule has 0 unspecified atom stereocenters. The number of nitrogens with one attached hydrogen (secondary N) is 1. The predicted molar refractivity (Wildman–Crippen MR) is 94.0 cm³/mol. The Morgan fingerprint density at radius 2 is 1.85 bits per heavy atom. The number of nitrogens with zero attached hydrogens (tertiary/aromatic N) is 3. The second-order valence-corrected chi connectivity index (χ2v) is 8.24. The number of benzene rings is 1. The highest BCUT2D eigenvalue weighted by molar-refractivity contribution is 7.89. The van der Waals surface area contributed by atoms with Gasteiger partial charge in [0.15, 0.2) is 0 Å². The molecule has 9 heteroatoms. The summed E-state index contributed by atoms with van der Waals surface area (Å²) in [6.45, 7) is 5.36. The van der Waals surface area contributed by atoms with Gasteiger partial charge in [0.05, 0.1) is 24.5 Å². The van der Waals surface area contributed by atoms with Crippen LogP contribution >= 0.6 is 0 Å². The maximum Gasteiger partial charge on any atom is 0.248 e. The molecule has 1 aliphatic rings. The van der Waals surface area contributed by atoms with Crippen LogP contribution < -0.4 is 4.72 Å². The highest BCUT2D eigenvalue weighted by atomic mass is 32.2.